The van der Waals surface area contributed by atoms with Crippen molar-refractivity contribution in [1.29, 1.82) is 5.26 Å². The first-order valence-corrected chi connectivity index (χ1v) is 7.11. The first kappa shape index (κ1) is 16.7. The van der Waals surface area contributed by atoms with Crippen molar-refractivity contribution < 1.29 is 9.59 Å². The van der Waals surface area contributed by atoms with Crippen molar-refractivity contribution >= 4 is 17.5 Å². The Morgan fingerprint density at radius 2 is 2.00 bits per heavy atom. The van der Waals surface area contributed by atoms with Crippen LogP contribution >= 0.6 is 0 Å². The summed E-state index contributed by atoms with van der Waals surface area (Å²) >= 11 is 0. The summed E-state index contributed by atoms with van der Waals surface area (Å²) in [6.45, 7) is 6.15. The third kappa shape index (κ3) is 4.60. The lowest BCUT2D eigenvalue weighted by atomic mass is 10.1. The zero-order chi connectivity index (χ0) is 15.8. The summed E-state index contributed by atoms with van der Waals surface area (Å²) in [5.41, 5.74) is 1.63. The van der Waals surface area contributed by atoms with Crippen LogP contribution in [0, 0.1) is 17.2 Å². The standard InChI is InChI=1S/C16H21N3O2/c1-4-13-8-6-7-9-14(13)18-15(20)16(21)19(5-2)11-12(3)10-17/h6-9,12H,4-5,11H2,1-3H3,(H,18,20)/t12-/m1/s1. The summed E-state index contributed by atoms with van der Waals surface area (Å²) in [7, 11) is 0. The number of nitrogens with one attached hydrogen (secondary N) is 1. The molecule has 0 fully saturated rings. The van der Waals surface area contributed by atoms with Gasteiger partial charge in [0, 0.05) is 18.8 Å². The fourth-order valence-electron chi connectivity index (χ4n) is 2.00. The van der Waals surface area contributed by atoms with Gasteiger partial charge >= 0.3 is 11.8 Å². The Hall–Kier alpha value is -2.35. The minimum atomic E-state index is -0.664. The van der Waals surface area contributed by atoms with Gasteiger partial charge in [-0.25, -0.2) is 0 Å². The van der Waals surface area contributed by atoms with Crippen molar-refractivity contribution in [2.45, 2.75) is 27.2 Å². The Kier molecular flexibility index (Phi) is 6.41. The molecule has 0 bridgehead atoms. The summed E-state index contributed by atoms with van der Waals surface area (Å²) in [6, 6.07) is 9.46. The third-order valence-electron chi connectivity index (χ3n) is 3.22. The number of rotatable bonds is 5. The van der Waals surface area contributed by atoms with Gasteiger partial charge in [0.25, 0.3) is 0 Å². The molecule has 0 radical (unpaired) electrons. The molecule has 0 aliphatic rings. The monoisotopic (exact) mass is 287 g/mol. The molecule has 1 N–H and O–H groups in total. The molecule has 112 valence electrons. The lowest BCUT2D eigenvalue weighted by Gasteiger charge is -2.21. The number of amides is 2. The minimum absolute atomic E-state index is 0.259. The molecule has 5 nitrogen and oxygen atoms in total. The molecule has 1 aromatic carbocycles. The number of nitrogens with zero attached hydrogens (tertiary/aromatic N) is 2. The van der Waals surface area contributed by atoms with E-state index in [0.717, 1.165) is 12.0 Å². The van der Waals surface area contributed by atoms with E-state index in [1.54, 1.807) is 19.9 Å². The summed E-state index contributed by atoms with van der Waals surface area (Å²) in [5, 5.41) is 11.5. The van der Waals surface area contributed by atoms with Crippen LogP contribution in [0.15, 0.2) is 24.3 Å². The molecular formula is C16H21N3O2. The minimum Gasteiger partial charge on any atom is -0.333 e. The van der Waals surface area contributed by atoms with Gasteiger partial charge in [0.1, 0.15) is 0 Å². The number of hydrogen-bond donors (Lipinski definition) is 1. The molecule has 0 spiro atoms. The number of anilines is 1. The molecule has 5 heteroatoms. The van der Waals surface area contributed by atoms with Crippen LogP contribution in [0.3, 0.4) is 0 Å². The quantitative estimate of drug-likeness (QED) is 0.844. The van der Waals surface area contributed by atoms with Gasteiger partial charge in [0.2, 0.25) is 0 Å². The molecular weight excluding hydrogens is 266 g/mol. The third-order valence-corrected chi connectivity index (χ3v) is 3.22. The van der Waals surface area contributed by atoms with E-state index >= 15 is 0 Å². The van der Waals surface area contributed by atoms with Gasteiger partial charge in [-0.05, 0) is 31.9 Å². The van der Waals surface area contributed by atoms with Gasteiger partial charge in [-0.3, -0.25) is 9.59 Å². The molecule has 21 heavy (non-hydrogen) atoms. The number of carbonyl (C=O) groups excluding carboxylic acids is 2. The molecule has 0 aliphatic heterocycles. The number of carbonyl (C=O) groups is 2. The van der Waals surface area contributed by atoms with Gasteiger partial charge in [-0.2, -0.15) is 5.26 Å². The number of likely N-dealkylation sites (N-methyl/N-ethyl adjacent to an activating group) is 1. The average molecular weight is 287 g/mol. The molecule has 1 rings (SSSR count). The molecule has 0 saturated heterocycles. The van der Waals surface area contributed by atoms with Crippen molar-refractivity contribution in [1.82, 2.24) is 4.90 Å². The first-order chi connectivity index (χ1) is 10.0. The first-order valence-electron chi connectivity index (χ1n) is 7.11. The highest BCUT2D eigenvalue weighted by atomic mass is 16.2. The predicted octanol–water partition coefficient (Wildman–Crippen LogP) is 2.20. The smallest absolute Gasteiger partial charge is 0.313 e. The Balaban J connectivity index is 2.78. The number of nitriles is 1. The van der Waals surface area contributed by atoms with E-state index in [9.17, 15) is 9.59 Å². The van der Waals surface area contributed by atoms with E-state index in [2.05, 4.69) is 11.4 Å². The van der Waals surface area contributed by atoms with Gasteiger partial charge in [-0.1, -0.05) is 25.1 Å². The van der Waals surface area contributed by atoms with Crippen LogP contribution in [-0.4, -0.2) is 29.8 Å². The Labute approximate surface area is 125 Å². The van der Waals surface area contributed by atoms with Crippen LogP contribution < -0.4 is 5.32 Å². The number of hydrogen-bond acceptors (Lipinski definition) is 3. The van der Waals surface area contributed by atoms with Crippen LogP contribution in [0.4, 0.5) is 5.69 Å². The van der Waals surface area contributed by atoms with Crippen molar-refractivity contribution in [3.05, 3.63) is 29.8 Å². The molecule has 0 saturated carbocycles. The van der Waals surface area contributed by atoms with Crippen LogP contribution in [-0.2, 0) is 16.0 Å². The highest BCUT2D eigenvalue weighted by Gasteiger charge is 2.22. The summed E-state index contributed by atoms with van der Waals surface area (Å²) in [5.74, 6) is -1.57. The number of benzene rings is 1. The van der Waals surface area contributed by atoms with Crippen molar-refractivity contribution in [3.63, 3.8) is 0 Å². The zero-order valence-corrected chi connectivity index (χ0v) is 12.7. The SMILES string of the molecule is CCc1ccccc1NC(=O)C(=O)N(CC)C[C@H](C)C#N. The van der Waals surface area contributed by atoms with E-state index < -0.39 is 11.8 Å². The van der Waals surface area contributed by atoms with Gasteiger partial charge < -0.3 is 10.2 Å². The van der Waals surface area contributed by atoms with E-state index in [-0.39, 0.29) is 12.5 Å². The molecule has 1 aromatic rings. The zero-order valence-electron chi connectivity index (χ0n) is 12.7. The molecule has 1 atom stereocenters. The lowest BCUT2D eigenvalue weighted by Crippen LogP contribution is -2.41. The number of aryl methyl sites for hydroxylation is 1. The van der Waals surface area contributed by atoms with Crippen LogP contribution in [0.2, 0.25) is 0 Å². The van der Waals surface area contributed by atoms with E-state index in [1.807, 2.05) is 25.1 Å². The fraction of sp³-hybridized carbons (Fsp3) is 0.438. The molecule has 0 aliphatic carbocycles. The molecule has 0 unspecified atom stereocenters. The summed E-state index contributed by atoms with van der Waals surface area (Å²) in [4.78, 5) is 25.6. The largest absolute Gasteiger partial charge is 0.333 e. The number of para-hydroxylation sites is 1. The normalized spacial score (nSPS) is 11.3. The topological polar surface area (TPSA) is 73.2 Å². The maximum absolute atomic E-state index is 12.1. The average Bonchev–Trinajstić information content (AvgIpc) is 2.51. The maximum atomic E-state index is 12.1. The highest BCUT2D eigenvalue weighted by Crippen LogP contribution is 2.15. The summed E-state index contributed by atoms with van der Waals surface area (Å²) < 4.78 is 0. The van der Waals surface area contributed by atoms with Crippen molar-refractivity contribution in [2.75, 3.05) is 18.4 Å². The highest BCUT2D eigenvalue weighted by molar-refractivity contribution is 6.39. The maximum Gasteiger partial charge on any atom is 0.313 e. The predicted molar refractivity (Wildman–Crippen MR) is 81.5 cm³/mol. The lowest BCUT2D eigenvalue weighted by molar-refractivity contribution is -0.143. The summed E-state index contributed by atoms with van der Waals surface area (Å²) in [6.07, 6.45) is 0.771. The fourth-order valence-corrected chi connectivity index (χ4v) is 2.00. The van der Waals surface area contributed by atoms with E-state index in [4.69, 9.17) is 5.26 Å². The van der Waals surface area contributed by atoms with Crippen molar-refractivity contribution in [3.8, 4) is 6.07 Å². The van der Waals surface area contributed by atoms with Gasteiger partial charge in [-0.15, -0.1) is 0 Å². The van der Waals surface area contributed by atoms with E-state index in [0.29, 0.717) is 12.2 Å². The Morgan fingerprint density at radius 3 is 2.57 bits per heavy atom. The Morgan fingerprint density at radius 1 is 1.33 bits per heavy atom. The second kappa shape index (κ2) is 8.05. The van der Waals surface area contributed by atoms with E-state index in [1.165, 1.54) is 4.90 Å². The molecule has 0 aromatic heterocycles. The molecule has 2 amide bonds. The van der Waals surface area contributed by atoms with Crippen LogP contribution in [0.5, 0.6) is 0 Å². The van der Waals surface area contributed by atoms with Gasteiger partial charge in [0.05, 0.1) is 12.0 Å². The second-order valence-electron chi connectivity index (χ2n) is 4.84. The van der Waals surface area contributed by atoms with Crippen LogP contribution in [0.25, 0.3) is 0 Å². The Bertz CT molecular complexity index is 549. The van der Waals surface area contributed by atoms with Crippen LogP contribution in [0.1, 0.15) is 26.3 Å². The molecule has 0 heterocycles. The van der Waals surface area contributed by atoms with Crippen molar-refractivity contribution in [2.24, 2.45) is 5.92 Å². The van der Waals surface area contributed by atoms with Gasteiger partial charge in [0.15, 0.2) is 0 Å². The second-order valence-corrected chi connectivity index (χ2v) is 4.84.